The van der Waals surface area contributed by atoms with E-state index in [4.69, 9.17) is 11.6 Å². The average Bonchev–Trinajstić information content (AvgIpc) is 3.12. The normalized spacial score (nSPS) is 34.8. The molecule has 4 aliphatic rings. The number of aromatic nitrogens is 3. The molecule has 136 valence electrons. The molecule has 0 spiro atoms. The number of carbonyl (C=O) groups excluding carboxylic acids is 1. The van der Waals surface area contributed by atoms with Crippen molar-refractivity contribution in [2.45, 2.75) is 51.0 Å². The van der Waals surface area contributed by atoms with Crippen LogP contribution in [-0.2, 0) is 10.3 Å². The Morgan fingerprint density at radius 3 is 2.73 bits per heavy atom. The Hall–Kier alpha value is -1.88. The summed E-state index contributed by atoms with van der Waals surface area (Å²) in [6, 6.07) is 5.66. The van der Waals surface area contributed by atoms with Gasteiger partial charge in [-0.1, -0.05) is 17.7 Å². The van der Waals surface area contributed by atoms with Crippen molar-refractivity contribution in [2.75, 3.05) is 5.32 Å². The van der Waals surface area contributed by atoms with Crippen LogP contribution in [0.15, 0.2) is 30.9 Å². The van der Waals surface area contributed by atoms with Gasteiger partial charge in [0.25, 0.3) is 0 Å². The van der Waals surface area contributed by atoms with Gasteiger partial charge >= 0.3 is 0 Å². The van der Waals surface area contributed by atoms with Gasteiger partial charge in [0.1, 0.15) is 12.7 Å². The highest BCUT2D eigenvalue weighted by Gasteiger charge is 2.61. The van der Waals surface area contributed by atoms with Crippen LogP contribution in [0.2, 0.25) is 5.02 Å². The lowest BCUT2D eigenvalue weighted by Crippen LogP contribution is -2.60. The molecular weight excluding hydrogens is 348 g/mol. The van der Waals surface area contributed by atoms with Gasteiger partial charge in [-0.05, 0) is 75.0 Å². The summed E-state index contributed by atoms with van der Waals surface area (Å²) >= 11 is 6.14. The van der Waals surface area contributed by atoms with E-state index in [-0.39, 0.29) is 16.9 Å². The van der Waals surface area contributed by atoms with E-state index in [0.29, 0.717) is 16.9 Å². The van der Waals surface area contributed by atoms with Crippen LogP contribution in [0.4, 0.5) is 5.69 Å². The Kier molecular flexibility index (Phi) is 3.48. The third kappa shape index (κ3) is 2.40. The minimum atomic E-state index is -0.301. The average molecular weight is 371 g/mol. The molecular formula is C20H23ClN4O. The predicted octanol–water partition coefficient (Wildman–Crippen LogP) is 4.17. The highest BCUT2D eigenvalue weighted by atomic mass is 35.5. The third-order valence-electron chi connectivity index (χ3n) is 6.86. The van der Waals surface area contributed by atoms with Gasteiger partial charge in [0, 0.05) is 10.7 Å². The summed E-state index contributed by atoms with van der Waals surface area (Å²) in [6.07, 6.45) is 9.79. The molecule has 0 saturated heterocycles. The summed E-state index contributed by atoms with van der Waals surface area (Å²) in [5.74, 6) is 1.36. The molecule has 1 heterocycles. The summed E-state index contributed by atoms with van der Waals surface area (Å²) in [4.78, 5) is 17.6. The van der Waals surface area contributed by atoms with E-state index in [0.717, 1.165) is 43.4 Å². The van der Waals surface area contributed by atoms with E-state index in [9.17, 15) is 4.79 Å². The van der Waals surface area contributed by atoms with Crippen LogP contribution in [0.1, 0.15) is 44.1 Å². The molecule has 0 aliphatic heterocycles. The quantitative estimate of drug-likeness (QED) is 0.881. The molecule has 4 saturated carbocycles. The van der Waals surface area contributed by atoms with Crippen molar-refractivity contribution >= 4 is 23.2 Å². The Labute approximate surface area is 158 Å². The number of benzene rings is 1. The lowest BCUT2D eigenvalue weighted by atomic mass is 9.46. The number of nitrogens with one attached hydrogen (secondary N) is 1. The number of aryl methyl sites for hydroxylation is 1. The van der Waals surface area contributed by atoms with E-state index >= 15 is 0 Å². The molecule has 6 heteroatoms. The molecule has 2 atom stereocenters. The van der Waals surface area contributed by atoms with Crippen molar-refractivity contribution in [3.63, 3.8) is 0 Å². The summed E-state index contributed by atoms with van der Waals surface area (Å²) in [5, 5.41) is 8.31. The monoisotopic (exact) mass is 370 g/mol. The fraction of sp³-hybridized carbons (Fsp3) is 0.550. The molecule has 1 aromatic carbocycles. The first-order chi connectivity index (χ1) is 12.5. The Balaban J connectivity index is 1.48. The van der Waals surface area contributed by atoms with E-state index < -0.39 is 0 Å². The zero-order valence-electron chi connectivity index (χ0n) is 14.9. The second-order valence-electron chi connectivity index (χ2n) is 8.72. The van der Waals surface area contributed by atoms with Crippen molar-refractivity contribution in [2.24, 2.45) is 17.3 Å². The highest BCUT2D eigenvalue weighted by molar-refractivity contribution is 6.31. The fourth-order valence-electron chi connectivity index (χ4n) is 6.18. The van der Waals surface area contributed by atoms with E-state index in [1.54, 1.807) is 6.33 Å². The van der Waals surface area contributed by atoms with E-state index in [1.807, 2.05) is 36.1 Å². The topological polar surface area (TPSA) is 59.8 Å². The summed E-state index contributed by atoms with van der Waals surface area (Å²) < 4.78 is 2.04. The number of hydrogen-bond donors (Lipinski definition) is 1. The minimum Gasteiger partial charge on any atom is -0.325 e. The van der Waals surface area contributed by atoms with Crippen molar-refractivity contribution in [1.82, 2.24) is 14.8 Å². The maximum absolute atomic E-state index is 13.4. The maximum atomic E-state index is 13.4. The number of halogens is 1. The third-order valence-corrected chi connectivity index (χ3v) is 7.10. The molecule has 4 fully saturated rings. The molecule has 4 aliphatic carbocycles. The van der Waals surface area contributed by atoms with E-state index in [1.165, 1.54) is 6.42 Å². The van der Waals surface area contributed by atoms with Crippen LogP contribution < -0.4 is 5.32 Å². The largest absolute Gasteiger partial charge is 0.325 e. The molecule has 6 rings (SSSR count). The number of carbonyl (C=O) groups is 1. The summed E-state index contributed by atoms with van der Waals surface area (Å²) in [6.45, 7) is 2.00. The van der Waals surface area contributed by atoms with Crippen LogP contribution in [-0.4, -0.2) is 20.7 Å². The molecule has 2 aromatic rings. The number of nitrogens with zero attached hydrogens (tertiary/aromatic N) is 3. The molecule has 2 unspecified atom stereocenters. The van der Waals surface area contributed by atoms with Gasteiger partial charge in [0.05, 0.1) is 11.0 Å². The van der Waals surface area contributed by atoms with Gasteiger partial charge in [-0.2, -0.15) is 5.10 Å². The van der Waals surface area contributed by atoms with E-state index in [2.05, 4.69) is 15.4 Å². The van der Waals surface area contributed by atoms with Gasteiger partial charge in [-0.15, -0.1) is 0 Å². The minimum absolute atomic E-state index is 0.0404. The van der Waals surface area contributed by atoms with Gasteiger partial charge in [0.15, 0.2) is 0 Å². The van der Waals surface area contributed by atoms with Crippen LogP contribution in [0, 0.1) is 24.2 Å². The van der Waals surface area contributed by atoms with Crippen LogP contribution in [0.3, 0.4) is 0 Å². The first-order valence-corrected chi connectivity index (χ1v) is 9.79. The Morgan fingerprint density at radius 1 is 1.27 bits per heavy atom. The molecule has 1 N–H and O–H groups in total. The first kappa shape index (κ1) is 16.3. The van der Waals surface area contributed by atoms with Crippen LogP contribution in [0.5, 0.6) is 0 Å². The van der Waals surface area contributed by atoms with Gasteiger partial charge in [0.2, 0.25) is 5.91 Å². The standard InChI is InChI=1S/C20H23ClN4O/c1-13-2-3-16(21)5-17(13)24-18(26)19-6-14-4-15(7-19)9-20(8-14,10-19)25-12-22-11-23-25/h2-3,5,11-12,14-15H,4,6-10H2,1H3,(H,24,26). The van der Waals surface area contributed by atoms with Crippen molar-refractivity contribution in [3.05, 3.63) is 41.4 Å². The molecule has 0 radical (unpaired) electrons. The number of rotatable bonds is 3. The van der Waals surface area contributed by atoms with Crippen molar-refractivity contribution in [1.29, 1.82) is 0 Å². The molecule has 1 amide bonds. The van der Waals surface area contributed by atoms with Crippen molar-refractivity contribution < 1.29 is 4.79 Å². The van der Waals surface area contributed by atoms with Crippen LogP contribution in [0.25, 0.3) is 0 Å². The highest BCUT2D eigenvalue weighted by Crippen LogP contribution is 2.64. The second-order valence-corrected chi connectivity index (χ2v) is 9.16. The lowest BCUT2D eigenvalue weighted by Gasteiger charge is -2.60. The molecule has 4 bridgehead atoms. The molecule has 26 heavy (non-hydrogen) atoms. The smallest absolute Gasteiger partial charge is 0.230 e. The predicted molar refractivity (Wildman–Crippen MR) is 99.9 cm³/mol. The zero-order chi connectivity index (χ0) is 17.9. The van der Waals surface area contributed by atoms with Gasteiger partial charge in [-0.3, -0.25) is 4.79 Å². The number of anilines is 1. The Bertz CT molecular complexity index is 849. The van der Waals surface area contributed by atoms with Crippen molar-refractivity contribution in [3.8, 4) is 0 Å². The lowest BCUT2D eigenvalue weighted by molar-refractivity contribution is -0.150. The van der Waals surface area contributed by atoms with Gasteiger partial charge in [-0.25, -0.2) is 9.67 Å². The van der Waals surface area contributed by atoms with Crippen LogP contribution >= 0.6 is 11.6 Å². The Morgan fingerprint density at radius 2 is 2.04 bits per heavy atom. The fourth-order valence-corrected chi connectivity index (χ4v) is 6.36. The SMILES string of the molecule is Cc1ccc(Cl)cc1NC(=O)C12CC3CC(C1)CC(n1cncn1)(C3)C2. The molecule has 1 aromatic heterocycles. The van der Waals surface area contributed by atoms with Gasteiger partial charge < -0.3 is 5.32 Å². The first-order valence-electron chi connectivity index (χ1n) is 9.41. The summed E-state index contributed by atoms with van der Waals surface area (Å²) in [7, 11) is 0. The number of hydrogen-bond acceptors (Lipinski definition) is 3. The number of amides is 1. The second kappa shape index (κ2) is 5.56. The zero-order valence-corrected chi connectivity index (χ0v) is 15.7. The maximum Gasteiger partial charge on any atom is 0.230 e. The molecule has 5 nitrogen and oxygen atoms in total. The summed E-state index contributed by atoms with van der Waals surface area (Å²) in [5.41, 5.74) is 1.53.